The molecule has 120 valence electrons. The fraction of sp³-hybridized carbons (Fsp3) is 0.312. The molecule has 0 bridgehead atoms. The number of ether oxygens (including phenoxy) is 1. The zero-order valence-electron chi connectivity index (χ0n) is 13.3. The lowest BCUT2D eigenvalue weighted by molar-refractivity contribution is 0.335. The average Bonchev–Trinajstić information content (AvgIpc) is 3.17. The Morgan fingerprint density at radius 3 is 2.96 bits per heavy atom. The number of thioether (sulfide) groups is 1. The summed E-state index contributed by atoms with van der Waals surface area (Å²) in [7, 11) is 0. The highest BCUT2D eigenvalue weighted by molar-refractivity contribution is 7.98. The summed E-state index contributed by atoms with van der Waals surface area (Å²) in [6, 6.07) is 6.32. The molecule has 0 aliphatic carbocycles. The summed E-state index contributed by atoms with van der Waals surface area (Å²) < 4.78 is 7.48. The van der Waals surface area contributed by atoms with Gasteiger partial charge in [-0.05, 0) is 38.0 Å². The molecule has 7 heteroatoms. The molecule has 0 radical (unpaired) electrons. The van der Waals surface area contributed by atoms with E-state index in [-0.39, 0.29) is 0 Å². The molecule has 5 nitrogen and oxygen atoms in total. The molecule has 0 N–H and O–H groups in total. The lowest BCUT2D eigenvalue weighted by Crippen LogP contribution is -1.99. The van der Waals surface area contributed by atoms with Crippen molar-refractivity contribution in [1.29, 1.82) is 0 Å². The first kappa shape index (κ1) is 16.0. The largest absolute Gasteiger partial charge is 0.469 e. The van der Waals surface area contributed by atoms with Gasteiger partial charge < -0.3 is 4.74 Å². The number of aryl methyl sites for hydroxylation is 1. The minimum atomic E-state index is 0.610. The molecule has 2 heterocycles. The molecule has 0 amide bonds. The highest BCUT2D eigenvalue weighted by Gasteiger charge is 2.11. The summed E-state index contributed by atoms with van der Waals surface area (Å²) in [5.74, 6) is 0.729. The van der Waals surface area contributed by atoms with E-state index in [4.69, 9.17) is 4.74 Å². The summed E-state index contributed by atoms with van der Waals surface area (Å²) in [5, 5.41) is 10.7. The van der Waals surface area contributed by atoms with E-state index >= 15 is 0 Å². The van der Waals surface area contributed by atoms with Crippen LogP contribution in [-0.2, 0) is 5.75 Å². The van der Waals surface area contributed by atoms with Crippen LogP contribution in [0.15, 0.2) is 35.7 Å². The number of hydrogen-bond donors (Lipinski definition) is 0. The van der Waals surface area contributed by atoms with Crippen molar-refractivity contribution in [3.05, 3.63) is 46.7 Å². The van der Waals surface area contributed by atoms with Crippen molar-refractivity contribution in [2.45, 2.75) is 31.7 Å². The molecule has 0 spiro atoms. The molecule has 1 aromatic carbocycles. The maximum atomic E-state index is 5.36. The SMILES string of the molecule is CCOc1nnc(CSc2nccn2-c2cccc(C)c2C)s1. The van der Waals surface area contributed by atoms with Gasteiger partial charge in [0.15, 0.2) is 5.16 Å². The molecule has 0 atom stereocenters. The quantitative estimate of drug-likeness (QED) is 0.631. The fourth-order valence-electron chi connectivity index (χ4n) is 2.18. The van der Waals surface area contributed by atoms with E-state index in [1.54, 1.807) is 11.8 Å². The first-order valence-corrected chi connectivity index (χ1v) is 9.17. The Balaban J connectivity index is 1.77. The van der Waals surface area contributed by atoms with Crippen LogP contribution in [0.3, 0.4) is 0 Å². The number of rotatable bonds is 6. The third-order valence-corrected chi connectivity index (χ3v) is 5.48. The van der Waals surface area contributed by atoms with E-state index in [0.29, 0.717) is 11.8 Å². The normalized spacial score (nSPS) is 10.9. The highest BCUT2D eigenvalue weighted by Crippen LogP contribution is 2.28. The van der Waals surface area contributed by atoms with Crippen LogP contribution in [0.4, 0.5) is 0 Å². The number of hydrogen-bond acceptors (Lipinski definition) is 6. The molecule has 3 aromatic rings. The molecule has 0 aliphatic rings. The lowest BCUT2D eigenvalue weighted by atomic mass is 10.1. The van der Waals surface area contributed by atoms with Crippen molar-refractivity contribution < 1.29 is 4.74 Å². The van der Waals surface area contributed by atoms with Gasteiger partial charge in [-0.25, -0.2) is 4.98 Å². The van der Waals surface area contributed by atoms with Crippen molar-refractivity contribution in [2.24, 2.45) is 0 Å². The zero-order valence-corrected chi connectivity index (χ0v) is 14.9. The van der Waals surface area contributed by atoms with Gasteiger partial charge in [-0.3, -0.25) is 4.57 Å². The molecule has 0 saturated heterocycles. The molecule has 0 saturated carbocycles. The third-order valence-electron chi connectivity index (χ3n) is 3.48. The van der Waals surface area contributed by atoms with Crippen LogP contribution in [0.2, 0.25) is 0 Å². The van der Waals surface area contributed by atoms with Gasteiger partial charge in [-0.2, -0.15) is 0 Å². The van der Waals surface area contributed by atoms with Crippen LogP contribution in [0.1, 0.15) is 23.1 Å². The van der Waals surface area contributed by atoms with Gasteiger partial charge in [0, 0.05) is 12.4 Å². The van der Waals surface area contributed by atoms with E-state index in [2.05, 4.69) is 51.8 Å². The van der Waals surface area contributed by atoms with Crippen molar-refractivity contribution in [3.8, 4) is 10.9 Å². The molecule has 3 rings (SSSR count). The number of imidazole rings is 1. The predicted molar refractivity (Wildman–Crippen MR) is 93.7 cm³/mol. The average molecular weight is 346 g/mol. The second-order valence-corrected chi connectivity index (χ2v) is 6.95. The van der Waals surface area contributed by atoms with Gasteiger partial charge in [-0.1, -0.05) is 35.2 Å². The summed E-state index contributed by atoms with van der Waals surface area (Å²) in [4.78, 5) is 4.47. The molecule has 0 fully saturated rings. The van der Waals surface area contributed by atoms with E-state index in [9.17, 15) is 0 Å². The van der Waals surface area contributed by atoms with Crippen LogP contribution < -0.4 is 4.74 Å². The van der Waals surface area contributed by atoms with Crippen molar-refractivity contribution in [2.75, 3.05) is 6.61 Å². The van der Waals surface area contributed by atoms with Crippen LogP contribution in [0.25, 0.3) is 5.69 Å². The minimum absolute atomic E-state index is 0.610. The van der Waals surface area contributed by atoms with Crippen LogP contribution in [0.5, 0.6) is 5.19 Å². The summed E-state index contributed by atoms with van der Waals surface area (Å²) in [6.45, 7) is 6.81. The third kappa shape index (κ3) is 3.56. The van der Waals surface area contributed by atoms with Crippen LogP contribution in [0, 0.1) is 13.8 Å². The predicted octanol–water partition coefficient (Wildman–Crippen LogP) is 4.03. The Bertz CT molecular complexity index is 797. The summed E-state index contributed by atoms with van der Waals surface area (Å²) >= 11 is 3.14. The van der Waals surface area contributed by atoms with E-state index < -0.39 is 0 Å². The summed E-state index contributed by atoms with van der Waals surface area (Å²) in [6.07, 6.45) is 3.83. The maximum Gasteiger partial charge on any atom is 0.294 e. The van der Waals surface area contributed by atoms with Gasteiger partial charge in [0.2, 0.25) is 0 Å². The number of benzene rings is 1. The van der Waals surface area contributed by atoms with Gasteiger partial charge in [0.05, 0.1) is 18.0 Å². The molecule has 2 aromatic heterocycles. The standard InChI is InChI=1S/C16H18N4OS2/c1-4-21-16-19-18-14(23-16)10-22-15-17-8-9-20(15)13-7-5-6-11(2)12(13)3/h5-9H,4,10H2,1-3H3. The Hall–Kier alpha value is -1.86. The van der Waals surface area contributed by atoms with Gasteiger partial charge in [-0.15, -0.1) is 10.2 Å². The molecular formula is C16H18N4OS2. The first-order valence-electron chi connectivity index (χ1n) is 7.37. The molecular weight excluding hydrogens is 328 g/mol. The monoisotopic (exact) mass is 346 g/mol. The molecule has 0 unspecified atom stereocenters. The van der Waals surface area contributed by atoms with Crippen LogP contribution >= 0.6 is 23.1 Å². The fourth-order valence-corrected chi connectivity index (χ4v) is 3.88. The van der Waals surface area contributed by atoms with Crippen molar-refractivity contribution in [1.82, 2.24) is 19.7 Å². The Morgan fingerprint density at radius 2 is 2.13 bits per heavy atom. The Labute approximate surface area is 143 Å². The molecule has 0 aliphatic heterocycles. The topological polar surface area (TPSA) is 52.8 Å². The van der Waals surface area contributed by atoms with Gasteiger partial charge in [0.1, 0.15) is 5.01 Å². The van der Waals surface area contributed by atoms with E-state index in [1.807, 2.05) is 19.3 Å². The van der Waals surface area contributed by atoms with Gasteiger partial charge >= 0.3 is 0 Å². The second kappa shape index (κ2) is 7.14. The van der Waals surface area contributed by atoms with Crippen LogP contribution in [-0.4, -0.2) is 26.4 Å². The smallest absolute Gasteiger partial charge is 0.294 e. The Kier molecular flexibility index (Phi) is 4.97. The Morgan fingerprint density at radius 1 is 1.26 bits per heavy atom. The minimum Gasteiger partial charge on any atom is -0.469 e. The summed E-state index contributed by atoms with van der Waals surface area (Å²) in [5.41, 5.74) is 3.71. The highest BCUT2D eigenvalue weighted by atomic mass is 32.2. The van der Waals surface area contributed by atoms with E-state index in [1.165, 1.54) is 22.5 Å². The maximum absolute atomic E-state index is 5.36. The number of aromatic nitrogens is 4. The van der Waals surface area contributed by atoms with Crippen molar-refractivity contribution in [3.63, 3.8) is 0 Å². The molecule has 23 heavy (non-hydrogen) atoms. The second-order valence-electron chi connectivity index (χ2n) is 4.98. The van der Waals surface area contributed by atoms with Gasteiger partial charge in [0.25, 0.3) is 5.19 Å². The van der Waals surface area contributed by atoms with Crippen molar-refractivity contribution >= 4 is 23.1 Å². The lowest BCUT2D eigenvalue weighted by Gasteiger charge is -2.11. The van der Waals surface area contributed by atoms with E-state index in [0.717, 1.165) is 21.6 Å². The number of nitrogens with zero attached hydrogens (tertiary/aromatic N) is 4. The zero-order chi connectivity index (χ0) is 16.2. The first-order chi connectivity index (χ1) is 11.2.